The SMILES string of the molecule is CNc1ccc(C#N)cc1NS(=O)(=O)c1ccc(C)cc1F. The summed E-state index contributed by atoms with van der Waals surface area (Å²) in [4.78, 5) is -0.442. The minimum Gasteiger partial charge on any atom is -0.386 e. The van der Waals surface area contributed by atoms with Crippen LogP contribution >= 0.6 is 0 Å². The van der Waals surface area contributed by atoms with Crippen molar-refractivity contribution in [2.45, 2.75) is 11.8 Å². The topological polar surface area (TPSA) is 82.0 Å². The second-order valence-electron chi connectivity index (χ2n) is 4.66. The molecule has 0 aromatic heterocycles. The van der Waals surface area contributed by atoms with Crippen LogP contribution in [0.4, 0.5) is 15.8 Å². The number of hydrogen-bond acceptors (Lipinski definition) is 4. The molecule has 0 unspecified atom stereocenters. The molecule has 0 heterocycles. The molecule has 0 aliphatic heterocycles. The average molecular weight is 319 g/mol. The Kier molecular flexibility index (Phi) is 4.33. The van der Waals surface area contributed by atoms with E-state index in [0.717, 1.165) is 6.07 Å². The van der Waals surface area contributed by atoms with Gasteiger partial charge >= 0.3 is 0 Å². The Morgan fingerprint density at radius 2 is 1.86 bits per heavy atom. The number of sulfonamides is 1. The van der Waals surface area contributed by atoms with Crippen molar-refractivity contribution in [1.82, 2.24) is 0 Å². The molecule has 0 aliphatic rings. The number of hydrogen-bond donors (Lipinski definition) is 2. The molecular weight excluding hydrogens is 305 g/mol. The summed E-state index contributed by atoms with van der Waals surface area (Å²) >= 11 is 0. The van der Waals surface area contributed by atoms with Crippen molar-refractivity contribution in [2.24, 2.45) is 0 Å². The first-order chi connectivity index (χ1) is 10.4. The lowest BCUT2D eigenvalue weighted by Gasteiger charge is -2.13. The summed E-state index contributed by atoms with van der Waals surface area (Å²) < 4.78 is 40.9. The smallest absolute Gasteiger partial charge is 0.264 e. The van der Waals surface area contributed by atoms with Crippen LogP contribution in [0.5, 0.6) is 0 Å². The van der Waals surface area contributed by atoms with Crippen LogP contribution in [-0.4, -0.2) is 15.5 Å². The Hall–Kier alpha value is -2.59. The van der Waals surface area contributed by atoms with Crippen LogP contribution in [-0.2, 0) is 10.0 Å². The van der Waals surface area contributed by atoms with Crippen LogP contribution in [0.1, 0.15) is 11.1 Å². The van der Waals surface area contributed by atoms with E-state index in [1.165, 1.54) is 18.2 Å². The van der Waals surface area contributed by atoms with Crippen molar-refractivity contribution >= 4 is 21.4 Å². The zero-order chi connectivity index (χ0) is 16.3. The molecule has 2 aromatic rings. The number of benzene rings is 2. The van der Waals surface area contributed by atoms with Gasteiger partial charge in [-0.1, -0.05) is 6.07 Å². The summed E-state index contributed by atoms with van der Waals surface area (Å²) in [6.07, 6.45) is 0. The highest BCUT2D eigenvalue weighted by Gasteiger charge is 2.20. The van der Waals surface area contributed by atoms with Gasteiger partial charge in [-0.15, -0.1) is 0 Å². The molecule has 0 saturated heterocycles. The maximum absolute atomic E-state index is 13.9. The van der Waals surface area contributed by atoms with Gasteiger partial charge in [-0.25, -0.2) is 12.8 Å². The maximum Gasteiger partial charge on any atom is 0.264 e. The van der Waals surface area contributed by atoms with Crippen LogP contribution < -0.4 is 10.0 Å². The second kappa shape index (κ2) is 6.03. The zero-order valence-electron chi connectivity index (χ0n) is 12.0. The number of halogens is 1. The summed E-state index contributed by atoms with van der Waals surface area (Å²) in [5.74, 6) is -0.824. The molecule has 0 atom stereocenters. The molecule has 22 heavy (non-hydrogen) atoms. The number of nitrogens with one attached hydrogen (secondary N) is 2. The Balaban J connectivity index is 2.47. The van der Waals surface area contributed by atoms with E-state index in [0.29, 0.717) is 16.8 Å². The van der Waals surface area contributed by atoms with Crippen LogP contribution in [0.25, 0.3) is 0 Å². The van der Waals surface area contributed by atoms with Gasteiger partial charge in [0.2, 0.25) is 0 Å². The monoisotopic (exact) mass is 319 g/mol. The van der Waals surface area contributed by atoms with E-state index in [1.807, 2.05) is 6.07 Å². The standard InChI is InChI=1S/C15H14FN3O2S/c1-10-3-6-15(12(16)7-10)22(20,21)19-14-8-11(9-17)4-5-13(14)18-2/h3-8,18-19H,1-2H3. The highest BCUT2D eigenvalue weighted by atomic mass is 32.2. The van der Waals surface area contributed by atoms with Gasteiger partial charge in [-0.2, -0.15) is 5.26 Å². The lowest BCUT2D eigenvalue weighted by atomic mass is 10.2. The molecule has 5 nitrogen and oxygen atoms in total. The van der Waals surface area contributed by atoms with E-state index in [9.17, 15) is 12.8 Å². The second-order valence-corrected chi connectivity index (χ2v) is 6.31. The van der Waals surface area contributed by atoms with Crippen LogP contribution in [0.2, 0.25) is 0 Å². The first-order valence-corrected chi connectivity index (χ1v) is 7.86. The summed E-state index contributed by atoms with van der Waals surface area (Å²) in [6, 6.07) is 10.3. The lowest BCUT2D eigenvalue weighted by molar-refractivity contribution is 0.569. The van der Waals surface area contributed by atoms with Crippen molar-refractivity contribution < 1.29 is 12.8 Å². The predicted molar refractivity (Wildman–Crippen MR) is 82.6 cm³/mol. The first kappa shape index (κ1) is 15.8. The molecule has 0 spiro atoms. The predicted octanol–water partition coefficient (Wildman–Crippen LogP) is 2.85. The quantitative estimate of drug-likeness (QED) is 0.908. The number of nitriles is 1. The largest absolute Gasteiger partial charge is 0.386 e. The molecule has 2 N–H and O–H groups in total. The van der Waals surface area contributed by atoms with Gasteiger partial charge in [-0.05, 0) is 42.8 Å². The van der Waals surface area contributed by atoms with Gasteiger partial charge in [0, 0.05) is 7.05 Å². The zero-order valence-corrected chi connectivity index (χ0v) is 12.8. The molecule has 114 valence electrons. The van der Waals surface area contributed by atoms with E-state index in [2.05, 4.69) is 10.0 Å². The summed E-state index contributed by atoms with van der Waals surface area (Å²) in [6.45, 7) is 1.67. The first-order valence-electron chi connectivity index (χ1n) is 6.38. The van der Waals surface area contributed by atoms with Crippen molar-refractivity contribution in [2.75, 3.05) is 17.1 Å². The summed E-state index contributed by atoms with van der Waals surface area (Å²) in [5.41, 5.74) is 1.58. The molecule has 7 heteroatoms. The van der Waals surface area contributed by atoms with Gasteiger partial charge in [0.05, 0.1) is 23.0 Å². The van der Waals surface area contributed by atoms with Gasteiger partial charge in [-0.3, -0.25) is 4.72 Å². The van der Waals surface area contributed by atoms with E-state index < -0.39 is 20.7 Å². The molecule has 0 bridgehead atoms. The van der Waals surface area contributed by atoms with E-state index in [-0.39, 0.29) is 5.69 Å². The molecule has 2 rings (SSSR count). The minimum absolute atomic E-state index is 0.182. The highest BCUT2D eigenvalue weighted by Crippen LogP contribution is 2.26. The van der Waals surface area contributed by atoms with E-state index in [4.69, 9.17) is 5.26 Å². The third-order valence-corrected chi connectivity index (χ3v) is 4.44. The van der Waals surface area contributed by atoms with Crippen LogP contribution in [0, 0.1) is 24.1 Å². The number of nitrogens with zero attached hydrogens (tertiary/aromatic N) is 1. The van der Waals surface area contributed by atoms with Crippen LogP contribution in [0.15, 0.2) is 41.3 Å². The fourth-order valence-electron chi connectivity index (χ4n) is 1.94. The van der Waals surface area contributed by atoms with Crippen molar-refractivity contribution in [1.29, 1.82) is 5.26 Å². The van der Waals surface area contributed by atoms with Crippen molar-refractivity contribution in [3.8, 4) is 6.07 Å². The molecule has 0 amide bonds. The Labute approximate surface area is 128 Å². The fraction of sp³-hybridized carbons (Fsp3) is 0.133. The number of rotatable bonds is 4. The Morgan fingerprint density at radius 1 is 1.14 bits per heavy atom. The normalized spacial score (nSPS) is 10.8. The molecule has 2 aromatic carbocycles. The number of anilines is 2. The third-order valence-electron chi connectivity index (χ3n) is 3.04. The maximum atomic E-state index is 13.9. The minimum atomic E-state index is -4.09. The Bertz CT molecular complexity index is 858. The Morgan fingerprint density at radius 3 is 2.45 bits per heavy atom. The molecule has 0 aliphatic carbocycles. The lowest BCUT2D eigenvalue weighted by Crippen LogP contribution is -2.15. The van der Waals surface area contributed by atoms with Crippen LogP contribution in [0.3, 0.4) is 0 Å². The fourth-order valence-corrected chi connectivity index (χ4v) is 3.07. The van der Waals surface area contributed by atoms with Gasteiger partial charge in [0.25, 0.3) is 10.0 Å². The molecule has 0 radical (unpaired) electrons. The summed E-state index contributed by atoms with van der Waals surface area (Å²) in [5, 5.41) is 11.7. The molecular formula is C15H14FN3O2S. The van der Waals surface area contributed by atoms with Crippen molar-refractivity contribution in [3.05, 3.63) is 53.3 Å². The average Bonchev–Trinajstić information content (AvgIpc) is 2.46. The highest BCUT2D eigenvalue weighted by molar-refractivity contribution is 7.92. The third kappa shape index (κ3) is 3.18. The van der Waals surface area contributed by atoms with Crippen molar-refractivity contribution in [3.63, 3.8) is 0 Å². The van der Waals surface area contributed by atoms with Gasteiger partial charge in [0.1, 0.15) is 10.7 Å². The molecule has 0 fully saturated rings. The molecule has 0 saturated carbocycles. The van der Waals surface area contributed by atoms with Gasteiger partial charge in [0.15, 0.2) is 0 Å². The van der Waals surface area contributed by atoms with E-state index in [1.54, 1.807) is 26.1 Å². The summed E-state index contributed by atoms with van der Waals surface area (Å²) in [7, 11) is -2.48. The van der Waals surface area contributed by atoms with Gasteiger partial charge < -0.3 is 5.32 Å². The number of aryl methyl sites for hydroxylation is 1. The van der Waals surface area contributed by atoms with E-state index >= 15 is 0 Å².